The number of benzene rings is 1. The van der Waals surface area contributed by atoms with Gasteiger partial charge in [0.25, 0.3) is 0 Å². The van der Waals surface area contributed by atoms with Crippen LogP contribution in [-0.2, 0) is 10.0 Å². The Balaban J connectivity index is 3.09. The number of rotatable bonds is 4. The summed E-state index contributed by atoms with van der Waals surface area (Å²) in [6, 6.07) is 3.05. The first-order valence-corrected chi connectivity index (χ1v) is 7.27. The molecule has 0 fully saturated rings. The molecule has 0 heterocycles. The lowest BCUT2D eigenvalue weighted by molar-refractivity contribution is 0.349. The van der Waals surface area contributed by atoms with Crippen LogP contribution in [0.4, 0.5) is 0 Å². The maximum atomic E-state index is 11.3. The van der Waals surface area contributed by atoms with E-state index in [1.54, 1.807) is 19.9 Å². The van der Waals surface area contributed by atoms with Crippen molar-refractivity contribution in [2.24, 2.45) is 5.14 Å². The number of sulfonamides is 1. The quantitative estimate of drug-likeness (QED) is 0.926. The van der Waals surface area contributed by atoms with Crippen LogP contribution in [-0.4, -0.2) is 15.0 Å². The molecular formula is C12H16ClNO3S. The molecule has 6 heteroatoms. The Morgan fingerprint density at radius 3 is 2.50 bits per heavy atom. The van der Waals surface area contributed by atoms with E-state index < -0.39 is 10.0 Å². The highest BCUT2D eigenvalue weighted by molar-refractivity contribution is 7.89. The van der Waals surface area contributed by atoms with Crippen molar-refractivity contribution in [1.29, 1.82) is 0 Å². The van der Waals surface area contributed by atoms with Gasteiger partial charge < -0.3 is 4.74 Å². The summed E-state index contributed by atoms with van der Waals surface area (Å²) >= 11 is 5.54. The molecule has 1 rings (SSSR count). The third-order valence-electron chi connectivity index (χ3n) is 2.64. The van der Waals surface area contributed by atoms with Gasteiger partial charge in [-0.1, -0.05) is 11.6 Å². The second-order valence-electron chi connectivity index (χ2n) is 4.10. The van der Waals surface area contributed by atoms with E-state index in [0.29, 0.717) is 17.9 Å². The molecule has 0 bridgehead atoms. The first kappa shape index (κ1) is 15.0. The summed E-state index contributed by atoms with van der Waals surface area (Å²) in [6.45, 7) is 5.69. The predicted octanol–water partition coefficient (Wildman–Crippen LogP) is 2.47. The van der Waals surface area contributed by atoms with Crippen molar-refractivity contribution < 1.29 is 13.2 Å². The molecule has 4 nitrogen and oxygen atoms in total. The predicted molar refractivity (Wildman–Crippen MR) is 72.4 cm³/mol. The van der Waals surface area contributed by atoms with Gasteiger partial charge in [-0.05, 0) is 49.6 Å². The van der Waals surface area contributed by atoms with Crippen molar-refractivity contribution in [3.8, 4) is 5.75 Å². The van der Waals surface area contributed by atoms with Crippen LogP contribution in [0.2, 0.25) is 0 Å². The fraction of sp³-hybridized carbons (Fsp3) is 0.333. The monoisotopic (exact) mass is 289 g/mol. The summed E-state index contributed by atoms with van der Waals surface area (Å²) in [4.78, 5) is 0.122. The van der Waals surface area contributed by atoms with E-state index in [9.17, 15) is 8.42 Å². The van der Waals surface area contributed by atoms with E-state index in [-0.39, 0.29) is 4.90 Å². The van der Waals surface area contributed by atoms with Gasteiger partial charge in [0.05, 0.1) is 4.90 Å². The van der Waals surface area contributed by atoms with Crippen molar-refractivity contribution in [2.75, 3.05) is 6.61 Å². The van der Waals surface area contributed by atoms with Crippen LogP contribution in [0.25, 0.3) is 0 Å². The molecule has 0 unspecified atom stereocenters. The molecule has 0 aromatic heterocycles. The maximum absolute atomic E-state index is 11.3. The molecule has 18 heavy (non-hydrogen) atoms. The minimum atomic E-state index is -3.70. The zero-order chi connectivity index (χ0) is 13.9. The van der Waals surface area contributed by atoms with Crippen LogP contribution < -0.4 is 9.88 Å². The van der Waals surface area contributed by atoms with Crippen LogP contribution in [0.5, 0.6) is 5.75 Å². The molecule has 2 N–H and O–H groups in total. The van der Waals surface area contributed by atoms with Gasteiger partial charge >= 0.3 is 0 Å². The van der Waals surface area contributed by atoms with Gasteiger partial charge in [-0.25, -0.2) is 13.6 Å². The molecule has 0 aliphatic rings. The summed E-state index contributed by atoms with van der Waals surface area (Å²) in [5.74, 6) is 0.623. The summed E-state index contributed by atoms with van der Waals surface area (Å²) in [5.41, 5.74) is 3.68. The van der Waals surface area contributed by atoms with E-state index in [0.717, 1.165) is 11.1 Å². The van der Waals surface area contributed by atoms with E-state index >= 15 is 0 Å². The van der Waals surface area contributed by atoms with E-state index in [1.165, 1.54) is 11.6 Å². The Bertz CT molecular complexity index is 579. The van der Waals surface area contributed by atoms with Crippen molar-refractivity contribution in [3.63, 3.8) is 0 Å². The highest BCUT2D eigenvalue weighted by atomic mass is 35.5. The molecule has 0 aliphatic carbocycles. The fourth-order valence-electron chi connectivity index (χ4n) is 1.46. The lowest BCUT2D eigenvalue weighted by Crippen LogP contribution is -2.14. The Labute approximate surface area is 112 Å². The number of ether oxygens (including phenoxy) is 1. The van der Waals surface area contributed by atoms with Crippen LogP contribution in [0, 0.1) is 13.8 Å². The molecule has 0 saturated carbocycles. The van der Waals surface area contributed by atoms with Gasteiger partial charge in [-0.2, -0.15) is 0 Å². The average molecular weight is 290 g/mol. The average Bonchev–Trinajstić information content (AvgIpc) is 2.28. The molecule has 1 aromatic carbocycles. The van der Waals surface area contributed by atoms with Crippen molar-refractivity contribution >= 4 is 21.6 Å². The lowest BCUT2D eigenvalue weighted by atomic mass is 10.1. The highest BCUT2D eigenvalue weighted by Crippen LogP contribution is 2.26. The van der Waals surface area contributed by atoms with Gasteiger partial charge in [-0.3, -0.25) is 0 Å². The zero-order valence-corrected chi connectivity index (χ0v) is 12.1. The van der Waals surface area contributed by atoms with Crippen LogP contribution in [0.1, 0.15) is 18.1 Å². The number of nitrogens with two attached hydrogens (primary N) is 1. The lowest BCUT2D eigenvalue weighted by Gasteiger charge is -2.13. The van der Waals surface area contributed by atoms with Gasteiger partial charge in [-0.15, -0.1) is 0 Å². The topological polar surface area (TPSA) is 69.4 Å². The van der Waals surface area contributed by atoms with Gasteiger partial charge in [0.2, 0.25) is 10.0 Å². The van der Waals surface area contributed by atoms with Crippen LogP contribution in [0.3, 0.4) is 0 Å². The largest absolute Gasteiger partial charge is 0.489 e. The molecule has 100 valence electrons. The second kappa shape index (κ2) is 5.73. The van der Waals surface area contributed by atoms with Gasteiger partial charge in [0, 0.05) is 5.54 Å². The third-order valence-corrected chi connectivity index (χ3v) is 4.06. The maximum Gasteiger partial charge on any atom is 0.238 e. The molecule has 0 spiro atoms. The minimum Gasteiger partial charge on any atom is -0.489 e. The summed E-state index contributed by atoms with van der Waals surface area (Å²) < 4.78 is 28.2. The summed E-state index contributed by atoms with van der Waals surface area (Å²) in [7, 11) is -3.70. The van der Waals surface area contributed by atoms with Gasteiger partial charge in [0.1, 0.15) is 12.4 Å². The second-order valence-corrected chi connectivity index (χ2v) is 5.85. The molecule has 1 aromatic rings. The Hall–Kier alpha value is -1.04. The normalized spacial score (nSPS) is 12.6. The van der Waals surface area contributed by atoms with Gasteiger partial charge in [0.15, 0.2) is 0 Å². The number of primary sulfonamides is 1. The van der Waals surface area contributed by atoms with E-state index in [2.05, 4.69) is 0 Å². The summed E-state index contributed by atoms with van der Waals surface area (Å²) in [5, 5.41) is 5.13. The van der Waals surface area contributed by atoms with Crippen LogP contribution >= 0.6 is 11.6 Å². The minimum absolute atomic E-state index is 0.122. The zero-order valence-electron chi connectivity index (χ0n) is 10.5. The standard InChI is InChI=1S/C12H16ClNO3S/c1-8(6-13)7-17-11-4-5-12(18(14,15)16)10(3)9(11)2/h4-6H,7H2,1-3H3,(H2,14,15,16)/b8-6-. The molecule has 0 saturated heterocycles. The molecule has 0 atom stereocenters. The fourth-order valence-corrected chi connectivity index (χ4v) is 2.36. The van der Waals surface area contributed by atoms with E-state index in [1.807, 2.05) is 6.92 Å². The molecular weight excluding hydrogens is 274 g/mol. The third kappa shape index (κ3) is 3.48. The highest BCUT2D eigenvalue weighted by Gasteiger charge is 2.15. The first-order valence-electron chi connectivity index (χ1n) is 5.29. The van der Waals surface area contributed by atoms with Crippen LogP contribution in [0.15, 0.2) is 28.1 Å². The SMILES string of the molecule is C/C(=C/Cl)COc1ccc(S(N)(=O)=O)c(C)c1C. The Morgan fingerprint density at radius 1 is 1.39 bits per heavy atom. The first-order chi connectivity index (χ1) is 8.27. The number of halogens is 1. The molecule has 0 amide bonds. The van der Waals surface area contributed by atoms with Crippen molar-refractivity contribution in [1.82, 2.24) is 0 Å². The van der Waals surface area contributed by atoms with Crippen molar-refractivity contribution in [3.05, 3.63) is 34.4 Å². The smallest absolute Gasteiger partial charge is 0.238 e. The Kier molecular flexibility index (Phi) is 4.78. The molecule has 0 radical (unpaired) electrons. The number of hydrogen-bond donors (Lipinski definition) is 1. The summed E-state index contributed by atoms with van der Waals surface area (Å²) in [6.07, 6.45) is 0. The van der Waals surface area contributed by atoms with Crippen molar-refractivity contribution in [2.45, 2.75) is 25.7 Å². The molecule has 0 aliphatic heterocycles. The van der Waals surface area contributed by atoms with E-state index in [4.69, 9.17) is 21.5 Å². The Morgan fingerprint density at radius 2 is 2.00 bits per heavy atom. The number of hydrogen-bond acceptors (Lipinski definition) is 3.